The Morgan fingerprint density at radius 1 is 1.27 bits per heavy atom. The Morgan fingerprint density at radius 2 is 1.91 bits per heavy atom. The van der Waals surface area contributed by atoms with Crippen molar-refractivity contribution in [2.75, 3.05) is 0 Å². The van der Waals surface area contributed by atoms with E-state index in [0.717, 1.165) is 10.0 Å². The Kier molecular flexibility index (Phi) is 2.73. The first-order valence-corrected chi connectivity index (χ1v) is 4.55. The minimum absolute atomic E-state index is 0.225. The van der Waals surface area contributed by atoms with Crippen molar-refractivity contribution in [2.24, 2.45) is 0 Å². The topological polar surface area (TPSA) is 20.2 Å². The molecule has 0 aliphatic rings. The van der Waals surface area contributed by atoms with Gasteiger partial charge in [0.1, 0.15) is 5.75 Å². The van der Waals surface area contributed by atoms with E-state index < -0.39 is 0 Å². The number of hydrogen-bond acceptors (Lipinski definition) is 1. The highest BCUT2D eigenvalue weighted by Crippen LogP contribution is 2.34. The van der Waals surface area contributed by atoms with Crippen LogP contribution in [0.3, 0.4) is 0 Å². The highest BCUT2D eigenvalue weighted by Gasteiger charge is 2.04. The van der Waals surface area contributed by atoms with Crippen molar-refractivity contribution in [1.82, 2.24) is 0 Å². The van der Waals surface area contributed by atoms with Crippen molar-refractivity contribution in [3.63, 3.8) is 0 Å². The second-order valence-electron chi connectivity index (χ2n) is 2.01. The molecule has 1 N–H and O–H groups in total. The fraction of sp³-hybridized carbons (Fsp3) is 0. The molecule has 1 aromatic carbocycles. The molecule has 0 saturated heterocycles. The summed E-state index contributed by atoms with van der Waals surface area (Å²) in [6.45, 7) is 3.63. The number of halogens is 2. The molecular weight excluding hydrogens is 272 g/mol. The van der Waals surface area contributed by atoms with Crippen LogP contribution in [0.15, 0.2) is 27.7 Å². The van der Waals surface area contributed by atoms with Gasteiger partial charge in [-0.25, -0.2) is 0 Å². The summed E-state index contributed by atoms with van der Waals surface area (Å²) in [5, 5.41) is 9.21. The summed E-state index contributed by atoms with van der Waals surface area (Å²) in [5.41, 5.74) is 0.953. The lowest BCUT2D eigenvalue weighted by atomic mass is 10.2. The average Bonchev–Trinajstić information content (AvgIpc) is 2.01. The number of benzene rings is 1. The molecule has 0 aliphatic carbocycles. The predicted molar refractivity (Wildman–Crippen MR) is 53.6 cm³/mol. The molecule has 1 rings (SSSR count). The van der Waals surface area contributed by atoms with Crippen LogP contribution < -0.4 is 0 Å². The molecule has 0 fully saturated rings. The monoisotopic (exact) mass is 276 g/mol. The second kappa shape index (κ2) is 3.41. The molecule has 0 bridgehead atoms. The van der Waals surface area contributed by atoms with Crippen molar-refractivity contribution in [3.8, 4) is 5.75 Å². The third kappa shape index (κ3) is 1.65. The Labute approximate surface area is 82.0 Å². The third-order valence-electron chi connectivity index (χ3n) is 1.31. The van der Waals surface area contributed by atoms with Gasteiger partial charge in [-0.2, -0.15) is 0 Å². The van der Waals surface area contributed by atoms with E-state index in [2.05, 4.69) is 38.4 Å². The minimum Gasteiger partial charge on any atom is -0.507 e. The highest BCUT2D eigenvalue weighted by atomic mass is 79.9. The van der Waals surface area contributed by atoms with Gasteiger partial charge in [0.2, 0.25) is 0 Å². The van der Waals surface area contributed by atoms with Gasteiger partial charge in [-0.1, -0.05) is 18.7 Å². The number of phenols is 1. The molecule has 3 heteroatoms. The van der Waals surface area contributed by atoms with Crippen LogP contribution in [-0.4, -0.2) is 5.11 Å². The van der Waals surface area contributed by atoms with E-state index in [1.54, 1.807) is 18.2 Å². The van der Waals surface area contributed by atoms with Crippen LogP contribution in [0.5, 0.6) is 5.75 Å². The maximum absolute atomic E-state index is 9.21. The maximum atomic E-state index is 9.21. The zero-order valence-electron chi connectivity index (χ0n) is 5.64. The van der Waals surface area contributed by atoms with E-state index in [-0.39, 0.29) is 5.75 Å². The third-order valence-corrected chi connectivity index (χ3v) is 3.50. The van der Waals surface area contributed by atoms with E-state index in [1.165, 1.54) is 0 Å². The van der Waals surface area contributed by atoms with Gasteiger partial charge in [0, 0.05) is 4.47 Å². The fourth-order valence-electron chi connectivity index (χ4n) is 0.712. The van der Waals surface area contributed by atoms with E-state index in [9.17, 15) is 5.11 Å². The molecule has 0 atom stereocenters. The van der Waals surface area contributed by atoms with Crippen LogP contribution in [0, 0.1) is 0 Å². The molecule has 0 amide bonds. The van der Waals surface area contributed by atoms with Gasteiger partial charge >= 0.3 is 0 Å². The van der Waals surface area contributed by atoms with Gasteiger partial charge in [-0.05, 0) is 43.5 Å². The Morgan fingerprint density at radius 3 is 2.45 bits per heavy atom. The zero-order valence-corrected chi connectivity index (χ0v) is 8.81. The standard InChI is InChI=1S/C8H6Br2O/c1-2-5-3-4-6(11)8(10)7(5)9/h2-4,11H,1H2. The quantitative estimate of drug-likeness (QED) is 0.832. The van der Waals surface area contributed by atoms with Crippen molar-refractivity contribution in [2.45, 2.75) is 0 Å². The smallest absolute Gasteiger partial charge is 0.130 e. The fourth-order valence-corrected chi connectivity index (χ4v) is 1.57. The predicted octanol–water partition coefficient (Wildman–Crippen LogP) is 3.56. The largest absolute Gasteiger partial charge is 0.507 e. The molecule has 11 heavy (non-hydrogen) atoms. The number of phenolic OH excluding ortho intramolecular Hbond substituents is 1. The highest BCUT2D eigenvalue weighted by molar-refractivity contribution is 9.13. The minimum atomic E-state index is 0.225. The van der Waals surface area contributed by atoms with E-state index in [1.807, 2.05) is 0 Å². The molecule has 0 radical (unpaired) electrons. The summed E-state index contributed by atoms with van der Waals surface area (Å²) < 4.78 is 1.49. The average molecular weight is 278 g/mol. The molecule has 0 heterocycles. The first-order valence-electron chi connectivity index (χ1n) is 2.96. The second-order valence-corrected chi connectivity index (χ2v) is 3.59. The molecule has 1 aromatic rings. The lowest BCUT2D eigenvalue weighted by Gasteiger charge is -2.02. The molecule has 0 spiro atoms. The molecular formula is C8H6Br2O. The van der Waals surface area contributed by atoms with Crippen molar-refractivity contribution < 1.29 is 5.11 Å². The molecule has 0 aromatic heterocycles. The van der Waals surface area contributed by atoms with Gasteiger partial charge in [0.15, 0.2) is 0 Å². The van der Waals surface area contributed by atoms with E-state index in [4.69, 9.17) is 0 Å². The van der Waals surface area contributed by atoms with Crippen molar-refractivity contribution in [1.29, 1.82) is 0 Å². The van der Waals surface area contributed by atoms with E-state index in [0.29, 0.717) is 4.47 Å². The molecule has 58 valence electrons. The summed E-state index contributed by atoms with van der Waals surface area (Å²) in [4.78, 5) is 0. The summed E-state index contributed by atoms with van der Waals surface area (Å²) in [7, 11) is 0. The van der Waals surface area contributed by atoms with Gasteiger partial charge in [0.25, 0.3) is 0 Å². The van der Waals surface area contributed by atoms with Crippen LogP contribution in [0.1, 0.15) is 5.56 Å². The van der Waals surface area contributed by atoms with Gasteiger partial charge in [-0.3, -0.25) is 0 Å². The Balaban J connectivity index is 3.36. The van der Waals surface area contributed by atoms with Crippen molar-refractivity contribution >= 4 is 37.9 Å². The molecule has 1 nitrogen and oxygen atoms in total. The SMILES string of the molecule is C=Cc1ccc(O)c(Br)c1Br. The first-order chi connectivity index (χ1) is 5.16. The molecule has 0 unspecified atom stereocenters. The summed E-state index contributed by atoms with van der Waals surface area (Å²) in [6, 6.07) is 3.41. The molecule has 0 saturated carbocycles. The van der Waals surface area contributed by atoms with Gasteiger partial charge in [-0.15, -0.1) is 0 Å². The number of rotatable bonds is 1. The Bertz CT molecular complexity index is 294. The number of aromatic hydroxyl groups is 1. The van der Waals surface area contributed by atoms with Crippen LogP contribution in [-0.2, 0) is 0 Å². The summed E-state index contributed by atoms with van der Waals surface area (Å²) in [6.07, 6.45) is 1.72. The zero-order chi connectivity index (χ0) is 8.43. The summed E-state index contributed by atoms with van der Waals surface area (Å²) >= 11 is 6.54. The number of hydrogen-bond donors (Lipinski definition) is 1. The van der Waals surface area contributed by atoms with Crippen LogP contribution >= 0.6 is 31.9 Å². The van der Waals surface area contributed by atoms with Crippen molar-refractivity contribution in [3.05, 3.63) is 33.2 Å². The normalized spacial score (nSPS) is 9.64. The van der Waals surface area contributed by atoms with Crippen LogP contribution in [0.2, 0.25) is 0 Å². The van der Waals surface area contributed by atoms with Gasteiger partial charge in [0.05, 0.1) is 4.47 Å². The lowest BCUT2D eigenvalue weighted by molar-refractivity contribution is 0.471. The first kappa shape index (κ1) is 8.81. The van der Waals surface area contributed by atoms with E-state index >= 15 is 0 Å². The molecule has 0 aliphatic heterocycles. The summed E-state index contributed by atoms with van der Waals surface area (Å²) in [5.74, 6) is 0.225. The van der Waals surface area contributed by atoms with Gasteiger partial charge < -0.3 is 5.11 Å². The maximum Gasteiger partial charge on any atom is 0.130 e. The Hall–Kier alpha value is -0.280. The van der Waals surface area contributed by atoms with Crippen LogP contribution in [0.25, 0.3) is 6.08 Å². The van der Waals surface area contributed by atoms with Crippen LogP contribution in [0.4, 0.5) is 0 Å². The lowest BCUT2D eigenvalue weighted by Crippen LogP contribution is -1.77.